The molecular formula is C24H31N5O3. The Labute approximate surface area is 188 Å². The second-order valence-corrected chi connectivity index (χ2v) is 9.80. The van der Waals surface area contributed by atoms with E-state index >= 15 is 0 Å². The molecule has 3 aliphatic rings. The fourth-order valence-electron chi connectivity index (χ4n) is 5.63. The molecule has 1 spiro atoms. The molecule has 1 aromatic carbocycles. The molecule has 1 aromatic heterocycles. The van der Waals surface area contributed by atoms with Gasteiger partial charge in [-0.05, 0) is 32.3 Å². The van der Waals surface area contributed by atoms with Crippen LogP contribution >= 0.6 is 0 Å². The Morgan fingerprint density at radius 1 is 1.09 bits per heavy atom. The smallest absolute Gasteiger partial charge is 0.410 e. The zero-order chi connectivity index (χ0) is 22.3. The lowest BCUT2D eigenvalue weighted by Crippen LogP contribution is -2.65. The van der Waals surface area contributed by atoms with Crippen LogP contribution in [0.4, 0.5) is 10.7 Å². The van der Waals surface area contributed by atoms with Crippen molar-refractivity contribution >= 4 is 12.0 Å². The standard InChI is InChI=1S/C24H31N5O3/c1-17-12-28(22-25-10-20(30)11-26-22)13-18(2)29(17)23(31)32-21-8-24(9-21)15-27(16-24)14-19-6-4-3-5-7-19/h3-7,10-11,17-18,21,30H,8-9,12-16H2,1-2H3/t17-,18+. The van der Waals surface area contributed by atoms with Crippen molar-refractivity contribution in [3.8, 4) is 5.75 Å². The number of ether oxygens (including phenoxy) is 1. The van der Waals surface area contributed by atoms with Crippen LogP contribution in [-0.4, -0.2) is 75.3 Å². The number of hydrogen-bond acceptors (Lipinski definition) is 7. The van der Waals surface area contributed by atoms with Gasteiger partial charge in [0.25, 0.3) is 0 Å². The van der Waals surface area contributed by atoms with Gasteiger partial charge >= 0.3 is 6.09 Å². The first-order valence-electron chi connectivity index (χ1n) is 11.4. The largest absolute Gasteiger partial charge is 0.505 e. The highest BCUT2D eigenvalue weighted by Crippen LogP contribution is 2.50. The van der Waals surface area contributed by atoms with Gasteiger partial charge in [0, 0.05) is 38.1 Å². The van der Waals surface area contributed by atoms with Gasteiger partial charge in [-0.15, -0.1) is 0 Å². The van der Waals surface area contributed by atoms with Crippen molar-refractivity contribution in [2.24, 2.45) is 5.41 Å². The van der Waals surface area contributed by atoms with E-state index in [1.165, 1.54) is 18.0 Å². The highest BCUT2D eigenvalue weighted by atomic mass is 16.6. The van der Waals surface area contributed by atoms with Gasteiger partial charge in [0.2, 0.25) is 5.95 Å². The molecule has 8 heteroatoms. The zero-order valence-electron chi connectivity index (χ0n) is 18.7. The minimum absolute atomic E-state index is 0.0113. The summed E-state index contributed by atoms with van der Waals surface area (Å²) in [6.07, 6.45) is 4.54. The third-order valence-electron chi connectivity index (χ3n) is 6.99. The molecule has 170 valence electrons. The Morgan fingerprint density at radius 3 is 2.34 bits per heavy atom. The van der Waals surface area contributed by atoms with Crippen molar-refractivity contribution in [2.75, 3.05) is 31.1 Å². The number of rotatable bonds is 4. The van der Waals surface area contributed by atoms with Crippen molar-refractivity contribution < 1.29 is 14.6 Å². The molecule has 3 heterocycles. The predicted molar refractivity (Wildman–Crippen MR) is 120 cm³/mol. The summed E-state index contributed by atoms with van der Waals surface area (Å²) in [4.78, 5) is 27.7. The number of anilines is 1. The lowest BCUT2D eigenvalue weighted by molar-refractivity contribution is -0.137. The Kier molecular flexibility index (Phi) is 5.41. The minimum atomic E-state index is -0.211. The van der Waals surface area contributed by atoms with Crippen molar-refractivity contribution in [3.05, 3.63) is 48.3 Å². The van der Waals surface area contributed by atoms with Crippen LogP contribution in [0.15, 0.2) is 42.7 Å². The van der Waals surface area contributed by atoms with Crippen LogP contribution < -0.4 is 4.90 Å². The van der Waals surface area contributed by atoms with Crippen LogP contribution in [0.5, 0.6) is 5.75 Å². The summed E-state index contributed by atoms with van der Waals surface area (Å²) < 4.78 is 5.89. The number of amides is 1. The number of piperazine rings is 1. The first-order valence-corrected chi connectivity index (χ1v) is 11.4. The average Bonchev–Trinajstić information content (AvgIpc) is 2.71. The Hall–Kier alpha value is -2.87. The molecule has 1 aliphatic carbocycles. The Balaban J connectivity index is 1.09. The summed E-state index contributed by atoms with van der Waals surface area (Å²) >= 11 is 0. The van der Waals surface area contributed by atoms with Gasteiger partial charge in [-0.25, -0.2) is 14.8 Å². The van der Waals surface area contributed by atoms with Gasteiger partial charge in [-0.1, -0.05) is 30.3 Å². The summed E-state index contributed by atoms with van der Waals surface area (Å²) in [7, 11) is 0. The van der Waals surface area contributed by atoms with Gasteiger partial charge in [0.1, 0.15) is 6.10 Å². The minimum Gasteiger partial charge on any atom is -0.505 e. The lowest BCUT2D eigenvalue weighted by Gasteiger charge is -2.58. The van der Waals surface area contributed by atoms with E-state index in [0.29, 0.717) is 24.5 Å². The summed E-state index contributed by atoms with van der Waals surface area (Å²) in [6, 6.07) is 10.5. The quantitative estimate of drug-likeness (QED) is 0.788. The maximum atomic E-state index is 12.9. The van der Waals surface area contributed by atoms with Crippen LogP contribution in [-0.2, 0) is 11.3 Å². The molecule has 1 amide bonds. The topological polar surface area (TPSA) is 82.0 Å². The van der Waals surface area contributed by atoms with E-state index in [9.17, 15) is 9.90 Å². The van der Waals surface area contributed by atoms with Crippen molar-refractivity contribution in [2.45, 2.75) is 51.4 Å². The number of benzene rings is 1. The van der Waals surface area contributed by atoms with Crippen LogP contribution in [0.1, 0.15) is 32.3 Å². The molecule has 1 saturated carbocycles. The van der Waals surface area contributed by atoms with E-state index in [1.54, 1.807) is 0 Å². The number of likely N-dealkylation sites (tertiary alicyclic amines) is 1. The monoisotopic (exact) mass is 437 g/mol. The molecule has 1 N–H and O–H groups in total. The summed E-state index contributed by atoms with van der Waals surface area (Å²) in [5.74, 6) is 0.616. The molecule has 5 rings (SSSR count). The predicted octanol–water partition coefficient (Wildman–Crippen LogP) is 2.88. The van der Waals surface area contributed by atoms with Crippen molar-refractivity contribution in [3.63, 3.8) is 0 Å². The SMILES string of the molecule is C[C@@H]1CN(c2ncc(O)cn2)C[C@H](C)N1C(=O)OC1CC2(C1)CN(Cc1ccccc1)C2. The van der Waals surface area contributed by atoms with Crippen LogP contribution in [0.2, 0.25) is 0 Å². The van der Waals surface area contributed by atoms with Gasteiger partial charge < -0.3 is 14.7 Å². The number of carbonyl (C=O) groups is 1. The lowest BCUT2D eigenvalue weighted by atomic mass is 9.61. The van der Waals surface area contributed by atoms with Gasteiger partial charge in [-0.2, -0.15) is 0 Å². The van der Waals surface area contributed by atoms with Gasteiger partial charge in [-0.3, -0.25) is 9.80 Å². The normalized spacial score (nSPS) is 25.3. The molecule has 2 atom stereocenters. The second kappa shape index (κ2) is 8.24. The first-order chi connectivity index (χ1) is 15.4. The maximum Gasteiger partial charge on any atom is 0.410 e. The number of nitrogens with zero attached hydrogens (tertiary/aromatic N) is 5. The second-order valence-electron chi connectivity index (χ2n) is 9.80. The molecule has 2 aromatic rings. The third kappa shape index (κ3) is 4.11. The van der Waals surface area contributed by atoms with Crippen LogP contribution in [0, 0.1) is 5.41 Å². The first kappa shape index (κ1) is 21.0. The highest BCUT2D eigenvalue weighted by Gasteiger charge is 2.54. The number of carbonyl (C=O) groups excluding carboxylic acids is 1. The van der Waals surface area contributed by atoms with E-state index in [4.69, 9.17) is 4.74 Å². The molecule has 2 saturated heterocycles. The zero-order valence-corrected chi connectivity index (χ0v) is 18.7. The maximum absolute atomic E-state index is 12.9. The number of aromatic nitrogens is 2. The average molecular weight is 438 g/mol. The van der Waals surface area contributed by atoms with E-state index in [0.717, 1.165) is 32.5 Å². The number of hydrogen-bond donors (Lipinski definition) is 1. The van der Waals surface area contributed by atoms with Crippen molar-refractivity contribution in [1.29, 1.82) is 0 Å². The molecule has 0 radical (unpaired) electrons. The van der Waals surface area contributed by atoms with E-state index < -0.39 is 0 Å². The molecular weight excluding hydrogens is 406 g/mol. The molecule has 0 unspecified atom stereocenters. The van der Waals surface area contributed by atoms with Gasteiger partial charge in [0.05, 0.1) is 24.5 Å². The summed E-state index contributed by atoms with van der Waals surface area (Å²) in [6.45, 7) is 8.50. The molecule has 8 nitrogen and oxygen atoms in total. The Morgan fingerprint density at radius 2 is 1.72 bits per heavy atom. The summed E-state index contributed by atoms with van der Waals surface area (Å²) in [5, 5.41) is 9.41. The number of aromatic hydroxyl groups is 1. The third-order valence-corrected chi connectivity index (χ3v) is 6.99. The van der Waals surface area contributed by atoms with Crippen molar-refractivity contribution in [1.82, 2.24) is 19.8 Å². The summed E-state index contributed by atoms with van der Waals surface area (Å²) in [5.41, 5.74) is 1.69. The van der Waals surface area contributed by atoms with E-state index in [2.05, 4.69) is 45.2 Å². The molecule has 32 heavy (non-hydrogen) atoms. The van der Waals surface area contributed by atoms with Crippen LogP contribution in [0.25, 0.3) is 0 Å². The molecule has 0 bridgehead atoms. The Bertz CT molecular complexity index is 928. The fourth-order valence-corrected chi connectivity index (χ4v) is 5.63. The van der Waals surface area contributed by atoms with E-state index in [1.807, 2.05) is 23.6 Å². The highest BCUT2D eigenvalue weighted by molar-refractivity contribution is 5.69. The van der Waals surface area contributed by atoms with E-state index in [-0.39, 0.29) is 30.0 Å². The fraction of sp³-hybridized carbons (Fsp3) is 0.542. The van der Waals surface area contributed by atoms with Gasteiger partial charge in [0.15, 0.2) is 5.75 Å². The molecule has 3 fully saturated rings. The van der Waals surface area contributed by atoms with Crippen LogP contribution in [0.3, 0.4) is 0 Å². The molecule has 2 aliphatic heterocycles.